The molecule has 0 saturated carbocycles. The van der Waals surface area contributed by atoms with Gasteiger partial charge in [0.15, 0.2) is 0 Å². The molecule has 0 aliphatic carbocycles. The van der Waals surface area contributed by atoms with Crippen LogP contribution in [-0.2, 0) is 0 Å². The Kier molecular flexibility index (Phi) is 5.30. The van der Waals surface area contributed by atoms with Crippen molar-refractivity contribution in [2.24, 2.45) is 0 Å². The average molecular weight is 347 g/mol. The first kappa shape index (κ1) is 17.1. The zero-order valence-corrected chi connectivity index (χ0v) is 15.7. The molecule has 0 bridgehead atoms. The largest absolute Gasteiger partial charge is 0.370 e. The summed E-state index contributed by atoms with van der Waals surface area (Å²) in [7, 11) is 4.34. The molecule has 0 aromatic carbocycles. The van der Waals surface area contributed by atoms with Crippen molar-refractivity contribution in [3.05, 3.63) is 28.9 Å². The molecule has 1 aliphatic heterocycles. The van der Waals surface area contributed by atoms with E-state index in [9.17, 15) is 0 Å². The minimum atomic E-state index is 0.166. The number of hydrogen-bond donors (Lipinski definition) is 1. The summed E-state index contributed by atoms with van der Waals surface area (Å²) in [4.78, 5) is 10.5. The minimum absolute atomic E-state index is 0.166. The summed E-state index contributed by atoms with van der Waals surface area (Å²) in [6.45, 7) is 6.30. The van der Waals surface area contributed by atoms with Gasteiger partial charge in [-0.25, -0.2) is 4.98 Å². The average Bonchev–Trinajstić information content (AvgIpc) is 3.02. The maximum absolute atomic E-state index is 4.59. The van der Waals surface area contributed by atoms with E-state index in [1.807, 2.05) is 13.1 Å². The second kappa shape index (κ2) is 7.44. The minimum Gasteiger partial charge on any atom is -0.370 e. The highest BCUT2D eigenvalue weighted by Gasteiger charge is 2.21. The van der Waals surface area contributed by atoms with Crippen molar-refractivity contribution in [1.82, 2.24) is 19.5 Å². The molecule has 3 rings (SSSR count). The number of nitrogens with one attached hydrogen (secondary N) is 1. The van der Waals surface area contributed by atoms with Gasteiger partial charge in [-0.05, 0) is 64.4 Å². The van der Waals surface area contributed by atoms with Crippen LogP contribution in [0.1, 0.15) is 36.4 Å². The maximum atomic E-state index is 4.59. The third-order valence-corrected chi connectivity index (χ3v) is 5.76. The Labute approximate surface area is 148 Å². The molecule has 1 atom stereocenters. The number of nitrogens with zero attached hydrogens (tertiary/aromatic N) is 5. The number of anilines is 2. The number of piperidine rings is 1. The molecular formula is C17H26N6S. The van der Waals surface area contributed by atoms with E-state index >= 15 is 0 Å². The predicted octanol–water partition coefficient (Wildman–Crippen LogP) is 2.95. The predicted molar refractivity (Wildman–Crippen MR) is 99.8 cm³/mol. The topological polar surface area (TPSA) is 57.2 Å². The van der Waals surface area contributed by atoms with E-state index in [0.717, 1.165) is 29.5 Å². The molecule has 2 aromatic rings. The number of aromatic nitrogens is 3. The quantitative estimate of drug-likeness (QED) is 0.898. The molecule has 24 heavy (non-hydrogen) atoms. The highest BCUT2D eigenvalue weighted by Crippen LogP contribution is 2.25. The van der Waals surface area contributed by atoms with E-state index in [0.29, 0.717) is 6.04 Å². The third-order valence-electron chi connectivity index (χ3n) is 4.75. The lowest BCUT2D eigenvalue weighted by molar-refractivity contribution is 0.249. The van der Waals surface area contributed by atoms with Gasteiger partial charge in [-0.3, -0.25) is 0 Å². The first-order valence-corrected chi connectivity index (χ1v) is 9.24. The summed E-state index contributed by atoms with van der Waals surface area (Å²) in [6.07, 6.45) is 4.40. The molecule has 1 saturated heterocycles. The molecule has 1 unspecified atom stereocenters. The summed E-state index contributed by atoms with van der Waals surface area (Å²) in [5, 5.41) is 7.50. The van der Waals surface area contributed by atoms with Crippen LogP contribution >= 0.6 is 11.5 Å². The third kappa shape index (κ3) is 3.84. The molecule has 1 fully saturated rings. The highest BCUT2D eigenvalue weighted by atomic mass is 32.1. The van der Waals surface area contributed by atoms with E-state index in [4.69, 9.17) is 0 Å². The first-order chi connectivity index (χ1) is 11.5. The summed E-state index contributed by atoms with van der Waals surface area (Å²) in [5.74, 6) is 0.891. The van der Waals surface area contributed by atoms with Crippen molar-refractivity contribution in [1.29, 1.82) is 0 Å². The first-order valence-electron chi connectivity index (χ1n) is 8.47. The fraction of sp³-hybridized carbons (Fsp3) is 0.588. The second-order valence-electron chi connectivity index (χ2n) is 6.67. The van der Waals surface area contributed by atoms with Crippen LogP contribution in [0.5, 0.6) is 0 Å². The van der Waals surface area contributed by atoms with Gasteiger partial charge in [0.2, 0.25) is 0 Å². The van der Waals surface area contributed by atoms with Crippen molar-refractivity contribution in [2.75, 3.05) is 37.4 Å². The van der Waals surface area contributed by atoms with E-state index in [1.54, 1.807) is 0 Å². The summed E-state index contributed by atoms with van der Waals surface area (Å²) < 4.78 is 4.00. The van der Waals surface area contributed by atoms with Crippen LogP contribution in [0, 0.1) is 6.92 Å². The highest BCUT2D eigenvalue weighted by molar-refractivity contribution is 7.05. The Morgan fingerprint density at radius 3 is 2.58 bits per heavy atom. The molecule has 6 nitrogen and oxygen atoms in total. The van der Waals surface area contributed by atoms with Gasteiger partial charge in [0.25, 0.3) is 0 Å². The Bertz CT molecular complexity index is 645. The van der Waals surface area contributed by atoms with Crippen molar-refractivity contribution in [3.63, 3.8) is 0 Å². The van der Waals surface area contributed by atoms with Crippen LogP contribution in [0.25, 0.3) is 0 Å². The zero-order chi connectivity index (χ0) is 17.1. The molecule has 0 spiro atoms. The van der Waals surface area contributed by atoms with Crippen molar-refractivity contribution in [3.8, 4) is 0 Å². The SMILES string of the molecule is Cc1nnsc1C(C)Nc1ccc(N2CCC(N(C)C)CC2)cn1. The van der Waals surface area contributed by atoms with Crippen LogP contribution in [0.4, 0.5) is 11.5 Å². The molecule has 3 heterocycles. The molecule has 7 heteroatoms. The number of aryl methyl sites for hydroxylation is 1. The van der Waals surface area contributed by atoms with Crippen molar-refractivity contribution in [2.45, 2.75) is 38.8 Å². The standard InChI is InChI=1S/C17H26N6S/c1-12(17-13(2)20-21-24-17)19-16-6-5-15(11-18-16)23-9-7-14(8-10-23)22(3)4/h5-6,11-12,14H,7-10H2,1-4H3,(H,18,19). The lowest BCUT2D eigenvalue weighted by atomic mass is 10.0. The molecule has 1 aliphatic rings. The number of rotatable bonds is 5. The number of pyridine rings is 1. The molecule has 130 valence electrons. The van der Waals surface area contributed by atoms with Crippen molar-refractivity contribution < 1.29 is 0 Å². The van der Waals surface area contributed by atoms with Crippen LogP contribution in [0.15, 0.2) is 18.3 Å². The van der Waals surface area contributed by atoms with E-state index < -0.39 is 0 Å². The van der Waals surface area contributed by atoms with Gasteiger partial charge >= 0.3 is 0 Å². The molecule has 0 radical (unpaired) electrons. The second-order valence-corrected chi connectivity index (χ2v) is 7.46. The number of hydrogen-bond acceptors (Lipinski definition) is 7. The normalized spacial score (nSPS) is 17.3. The van der Waals surface area contributed by atoms with E-state index in [2.05, 4.69) is 62.8 Å². The molecular weight excluding hydrogens is 320 g/mol. The lowest BCUT2D eigenvalue weighted by Gasteiger charge is -2.36. The summed E-state index contributed by atoms with van der Waals surface area (Å²) in [5.41, 5.74) is 2.20. The van der Waals surface area contributed by atoms with Crippen LogP contribution in [0.3, 0.4) is 0 Å². The molecule has 1 N–H and O–H groups in total. The fourth-order valence-corrected chi connectivity index (χ4v) is 3.86. The molecule has 2 aromatic heterocycles. The van der Waals surface area contributed by atoms with Crippen LogP contribution in [0.2, 0.25) is 0 Å². The van der Waals surface area contributed by atoms with E-state index in [-0.39, 0.29) is 6.04 Å². The Morgan fingerprint density at radius 2 is 2.04 bits per heavy atom. The van der Waals surface area contributed by atoms with Crippen molar-refractivity contribution >= 4 is 23.0 Å². The molecule has 0 amide bonds. The van der Waals surface area contributed by atoms with Gasteiger partial charge in [-0.1, -0.05) is 4.49 Å². The van der Waals surface area contributed by atoms with Gasteiger partial charge in [0.1, 0.15) is 5.82 Å². The van der Waals surface area contributed by atoms with Gasteiger partial charge in [0, 0.05) is 19.1 Å². The maximum Gasteiger partial charge on any atom is 0.126 e. The summed E-state index contributed by atoms with van der Waals surface area (Å²) >= 11 is 1.44. The Hall–Kier alpha value is -1.73. The monoisotopic (exact) mass is 346 g/mol. The zero-order valence-electron chi connectivity index (χ0n) is 14.9. The van der Waals surface area contributed by atoms with Gasteiger partial charge in [0.05, 0.1) is 28.5 Å². The Balaban J connectivity index is 1.59. The summed E-state index contributed by atoms with van der Waals surface area (Å²) in [6, 6.07) is 5.09. The van der Waals surface area contributed by atoms with Gasteiger partial charge in [-0.15, -0.1) is 5.10 Å². The fourth-order valence-electron chi connectivity index (χ4n) is 3.22. The smallest absolute Gasteiger partial charge is 0.126 e. The van der Waals surface area contributed by atoms with Crippen LogP contribution < -0.4 is 10.2 Å². The van der Waals surface area contributed by atoms with Crippen LogP contribution in [-0.4, -0.2) is 52.7 Å². The Morgan fingerprint density at radius 1 is 1.29 bits per heavy atom. The lowest BCUT2D eigenvalue weighted by Crippen LogP contribution is -2.42. The van der Waals surface area contributed by atoms with Gasteiger partial charge in [-0.2, -0.15) is 0 Å². The van der Waals surface area contributed by atoms with E-state index in [1.165, 1.54) is 30.1 Å². The van der Waals surface area contributed by atoms with Gasteiger partial charge < -0.3 is 15.1 Å².